The third-order valence-electron chi connectivity index (χ3n) is 3.02. The minimum atomic E-state index is -0.331. The van der Waals surface area contributed by atoms with Crippen molar-refractivity contribution >= 4 is 17.3 Å². The average Bonchev–Trinajstić information content (AvgIpc) is 2.82. The van der Waals surface area contributed by atoms with Crippen LogP contribution >= 0.6 is 11.6 Å². The van der Waals surface area contributed by atoms with Crippen LogP contribution in [0.2, 0.25) is 5.02 Å². The summed E-state index contributed by atoms with van der Waals surface area (Å²) < 4.78 is 2.94. The van der Waals surface area contributed by atoms with Crippen LogP contribution in [0.5, 0.6) is 0 Å². The van der Waals surface area contributed by atoms with Crippen molar-refractivity contribution in [2.75, 3.05) is 5.32 Å². The Morgan fingerprint density at radius 1 is 1.52 bits per heavy atom. The summed E-state index contributed by atoms with van der Waals surface area (Å²) in [5, 5.41) is 11.6. The van der Waals surface area contributed by atoms with Crippen LogP contribution in [0.1, 0.15) is 18.2 Å². The molecule has 6 nitrogen and oxygen atoms in total. The molecule has 0 saturated carbocycles. The number of terminal acetylenes is 1. The Morgan fingerprint density at radius 3 is 2.95 bits per heavy atom. The monoisotopic (exact) mass is 305 g/mol. The second-order valence-electron chi connectivity index (χ2n) is 4.52. The van der Waals surface area contributed by atoms with Gasteiger partial charge >= 0.3 is 0 Å². The molecule has 0 bridgehead atoms. The van der Waals surface area contributed by atoms with Gasteiger partial charge in [0, 0.05) is 25.4 Å². The Kier molecular flexibility index (Phi) is 4.66. The van der Waals surface area contributed by atoms with E-state index in [1.807, 2.05) is 20.2 Å². The number of halogens is 1. The minimum Gasteiger partial charge on any atom is -0.375 e. The molecule has 0 aliphatic carbocycles. The van der Waals surface area contributed by atoms with Crippen LogP contribution in [-0.2, 0) is 26.6 Å². The number of anilines is 1. The Balaban J connectivity index is 2.26. The molecular formula is C14H16ClN5O. The Bertz CT molecular complexity index is 741. The van der Waals surface area contributed by atoms with Gasteiger partial charge in [-0.15, -0.1) is 6.42 Å². The molecule has 2 heterocycles. The summed E-state index contributed by atoms with van der Waals surface area (Å²) in [6.45, 7) is 2.61. The topological polar surface area (TPSA) is 64.7 Å². The number of aryl methyl sites for hydroxylation is 2. The number of hydrogen-bond acceptors (Lipinski definition) is 4. The van der Waals surface area contributed by atoms with E-state index in [2.05, 4.69) is 21.4 Å². The molecule has 0 fully saturated rings. The Labute approximate surface area is 127 Å². The van der Waals surface area contributed by atoms with E-state index < -0.39 is 0 Å². The zero-order valence-corrected chi connectivity index (χ0v) is 12.7. The molecule has 0 aliphatic rings. The van der Waals surface area contributed by atoms with E-state index in [-0.39, 0.29) is 17.1 Å². The second-order valence-corrected chi connectivity index (χ2v) is 4.92. The summed E-state index contributed by atoms with van der Waals surface area (Å²) >= 11 is 6.04. The summed E-state index contributed by atoms with van der Waals surface area (Å²) in [6, 6.07) is 0. The van der Waals surface area contributed by atoms with Crippen LogP contribution in [0.4, 0.5) is 5.69 Å². The van der Waals surface area contributed by atoms with Crippen LogP contribution in [0, 0.1) is 12.3 Å². The molecule has 0 radical (unpaired) electrons. The molecule has 110 valence electrons. The SMILES string of the molecule is C#CCn1ncc(Cl)c(NCc2cn(C)nc2CC)c1=O. The minimum absolute atomic E-state index is 0.109. The van der Waals surface area contributed by atoms with Gasteiger partial charge in [0.2, 0.25) is 0 Å². The average molecular weight is 306 g/mol. The van der Waals surface area contributed by atoms with Crippen molar-refractivity contribution in [3.05, 3.63) is 39.0 Å². The lowest BCUT2D eigenvalue weighted by atomic mass is 10.2. The summed E-state index contributed by atoms with van der Waals surface area (Å²) in [6.07, 6.45) is 9.36. The lowest BCUT2D eigenvalue weighted by Crippen LogP contribution is -2.25. The molecule has 0 atom stereocenters. The first-order valence-corrected chi connectivity index (χ1v) is 6.89. The van der Waals surface area contributed by atoms with Gasteiger partial charge in [0.15, 0.2) is 0 Å². The van der Waals surface area contributed by atoms with Crippen LogP contribution in [0.15, 0.2) is 17.2 Å². The highest BCUT2D eigenvalue weighted by atomic mass is 35.5. The number of nitrogens with zero attached hydrogens (tertiary/aromatic N) is 4. The predicted molar refractivity (Wildman–Crippen MR) is 82.3 cm³/mol. The van der Waals surface area contributed by atoms with Gasteiger partial charge in [-0.25, -0.2) is 4.68 Å². The molecule has 2 rings (SSSR count). The second kappa shape index (κ2) is 6.46. The van der Waals surface area contributed by atoms with Crippen molar-refractivity contribution in [1.29, 1.82) is 0 Å². The van der Waals surface area contributed by atoms with Crippen LogP contribution in [0.25, 0.3) is 0 Å². The zero-order valence-electron chi connectivity index (χ0n) is 11.9. The fourth-order valence-corrected chi connectivity index (χ4v) is 2.23. The van der Waals surface area contributed by atoms with Crippen molar-refractivity contribution in [3.63, 3.8) is 0 Å². The highest BCUT2D eigenvalue weighted by Gasteiger charge is 2.11. The van der Waals surface area contributed by atoms with Crippen molar-refractivity contribution in [3.8, 4) is 12.3 Å². The van der Waals surface area contributed by atoms with Crippen LogP contribution < -0.4 is 10.9 Å². The maximum Gasteiger partial charge on any atom is 0.292 e. The standard InChI is InChI=1S/C14H16ClN5O/c1-4-6-20-14(21)13(11(15)8-17-20)16-7-10-9-19(3)18-12(10)5-2/h1,8-9,16H,5-7H2,2-3H3. The zero-order chi connectivity index (χ0) is 15.4. The molecule has 0 amide bonds. The molecule has 0 spiro atoms. The maximum atomic E-state index is 12.2. The van der Waals surface area contributed by atoms with E-state index in [0.29, 0.717) is 12.2 Å². The number of hydrogen-bond donors (Lipinski definition) is 1. The third kappa shape index (κ3) is 3.26. The molecule has 2 aromatic heterocycles. The molecule has 21 heavy (non-hydrogen) atoms. The summed E-state index contributed by atoms with van der Waals surface area (Å²) in [7, 11) is 1.86. The van der Waals surface area contributed by atoms with E-state index in [4.69, 9.17) is 18.0 Å². The van der Waals surface area contributed by atoms with Gasteiger partial charge in [-0.1, -0.05) is 24.4 Å². The normalized spacial score (nSPS) is 10.4. The molecule has 2 aromatic rings. The first-order valence-electron chi connectivity index (χ1n) is 6.51. The maximum absolute atomic E-state index is 12.2. The van der Waals surface area contributed by atoms with Gasteiger partial charge in [0.1, 0.15) is 12.2 Å². The van der Waals surface area contributed by atoms with E-state index in [9.17, 15) is 4.79 Å². The molecular weight excluding hydrogens is 290 g/mol. The lowest BCUT2D eigenvalue weighted by molar-refractivity contribution is 0.664. The lowest BCUT2D eigenvalue weighted by Gasteiger charge is -2.09. The highest BCUT2D eigenvalue weighted by Crippen LogP contribution is 2.17. The van der Waals surface area contributed by atoms with Crippen molar-refractivity contribution in [1.82, 2.24) is 19.6 Å². The van der Waals surface area contributed by atoms with Gasteiger partial charge in [-0.3, -0.25) is 9.48 Å². The smallest absolute Gasteiger partial charge is 0.292 e. The van der Waals surface area contributed by atoms with Crippen molar-refractivity contribution in [2.24, 2.45) is 7.05 Å². The predicted octanol–water partition coefficient (Wildman–Crippen LogP) is 1.44. The van der Waals surface area contributed by atoms with Gasteiger partial charge in [0.25, 0.3) is 5.56 Å². The van der Waals surface area contributed by atoms with Crippen molar-refractivity contribution < 1.29 is 0 Å². The van der Waals surface area contributed by atoms with Gasteiger partial charge in [-0.05, 0) is 6.42 Å². The van der Waals surface area contributed by atoms with Crippen molar-refractivity contribution in [2.45, 2.75) is 26.4 Å². The van der Waals surface area contributed by atoms with Crippen LogP contribution in [0.3, 0.4) is 0 Å². The molecule has 0 unspecified atom stereocenters. The van der Waals surface area contributed by atoms with E-state index in [0.717, 1.165) is 17.7 Å². The largest absolute Gasteiger partial charge is 0.375 e. The summed E-state index contributed by atoms with van der Waals surface area (Å²) in [5.41, 5.74) is 1.98. The molecule has 0 aromatic carbocycles. The van der Waals surface area contributed by atoms with E-state index in [1.54, 1.807) is 4.68 Å². The number of nitrogens with one attached hydrogen (secondary N) is 1. The Morgan fingerprint density at radius 2 is 2.29 bits per heavy atom. The number of aromatic nitrogens is 4. The fourth-order valence-electron chi connectivity index (χ4n) is 2.04. The summed E-state index contributed by atoms with van der Waals surface area (Å²) in [5.74, 6) is 2.38. The third-order valence-corrected chi connectivity index (χ3v) is 3.31. The van der Waals surface area contributed by atoms with E-state index >= 15 is 0 Å². The fraction of sp³-hybridized carbons (Fsp3) is 0.357. The van der Waals surface area contributed by atoms with Crippen LogP contribution in [-0.4, -0.2) is 19.6 Å². The molecule has 0 saturated heterocycles. The molecule has 0 aliphatic heterocycles. The van der Waals surface area contributed by atoms with E-state index in [1.165, 1.54) is 10.9 Å². The summed E-state index contributed by atoms with van der Waals surface area (Å²) in [4.78, 5) is 12.2. The molecule has 1 N–H and O–H groups in total. The van der Waals surface area contributed by atoms with Gasteiger partial charge < -0.3 is 5.32 Å². The Hall–Kier alpha value is -2.26. The first kappa shape index (κ1) is 15.1. The van der Waals surface area contributed by atoms with Gasteiger partial charge in [0.05, 0.1) is 16.9 Å². The highest BCUT2D eigenvalue weighted by molar-refractivity contribution is 6.32. The quantitative estimate of drug-likeness (QED) is 0.849. The number of rotatable bonds is 5. The first-order chi connectivity index (χ1) is 10.1. The van der Waals surface area contributed by atoms with Gasteiger partial charge in [-0.2, -0.15) is 10.2 Å². The molecule has 7 heteroatoms.